The highest BCUT2D eigenvalue weighted by molar-refractivity contribution is 6.00. The van der Waals surface area contributed by atoms with E-state index in [2.05, 4.69) is 24.2 Å². The van der Waals surface area contributed by atoms with Crippen LogP contribution in [0.1, 0.15) is 39.7 Å². The van der Waals surface area contributed by atoms with E-state index in [0.29, 0.717) is 6.42 Å². The number of amides is 1. The molecule has 0 saturated heterocycles. The molecule has 1 amide bonds. The SMILES string of the molecule is CCC(=O)Nc1ccc2c(c1)C(C)(C)C(C)=N2. The van der Waals surface area contributed by atoms with Crippen molar-refractivity contribution in [1.29, 1.82) is 0 Å². The second-order valence-corrected chi connectivity index (χ2v) is 4.96. The molecule has 2 rings (SSSR count). The highest BCUT2D eigenvalue weighted by atomic mass is 16.1. The Balaban J connectivity index is 2.35. The summed E-state index contributed by atoms with van der Waals surface area (Å²) < 4.78 is 0. The van der Waals surface area contributed by atoms with E-state index < -0.39 is 0 Å². The van der Waals surface area contributed by atoms with Gasteiger partial charge in [-0.25, -0.2) is 0 Å². The first-order chi connectivity index (χ1) is 7.95. The van der Waals surface area contributed by atoms with Crippen LogP contribution in [0.4, 0.5) is 11.4 Å². The van der Waals surface area contributed by atoms with Crippen LogP contribution in [0.15, 0.2) is 23.2 Å². The summed E-state index contributed by atoms with van der Waals surface area (Å²) in [6.45, 7) is 8.20. The Morgan fingerprint density at radius 1 is 1.41 bits per heavy atom. The van der Waals surface area contributed by atoms with Crippen molar-refractivity contribution in [2.75, 3.05) is 5.32 Å². The predicted octanol–water partition coefficient (Wildman–Crippen LogP) is 3.42. The largest absolute Gasteiger partial charge is 0.326 e. The molecule has 1 N–H and O–H groups in total. The highest BCUT2D eigenvalue weighted by Gasteiger charge is 2.32. The van der Waals surface area contributed by atoms with Crippen LogP contribution in [0.3, 0.4) is 0 Å². The highest BCUT2D eigenvalue weighted by Crippen LogP contribution is 2.41. The molecule has 3 nitrogen and oxygen atoms in total. The van der Waals surface area contributed by atoms with E-state index in [1.54, 1.807) is 0 Å². The molecule has 1 aromatic carbocycles. The predicted molar refractivity (Wildman–Crippen MR) is 71.2 cm³/mol. The lowest BCUT2D eigenvalue weighted by Crippen LogP contribution is -2.22. The first kappa shape index (κ1) is 11.8. The molecule has 1 aliphatic heterocycles. The number of carbonyl (C=O) groups excluding carboxylic acids is 1. The number of hydrogen-bond acceptors (Lipinski definition) is 2. The fourth-order valence-corrected chi connectivity index (χ4v) is 1.98. The van der Waals surface area contributed by atoms with Crippen molar-refractivity contribution in [2.45, 2.75) is 39.5 Å². The summed E-state index contributed by atoms with van der Waals surface area (Å²) in [7, 11) is 0. The molecule has 1 aliphatic rings. The molecule has 90 valence electrons. The minimum atomic E-state index is -0.0394. The summed E-state index contributed by atoms with van der Waals surface area (Å²) in [6, 6.07) is 5.91. The Labute approximate surface area is 102 Å². The molecule has 0 saturated carbocycles. The zero-order chi connectivity index (χ0) is 12.6. The maximum atomic E-state index is 11.4. The number of carbonyl (C=O) groups is 1. The maximum absolute atomic E-state index is 11.4. The van der Waals surface area contributed by atoms with Crippen molar-refractivity contribution in [3.63, 3.8) is 0 Å². The maximum Gasteiger partial charge on any atom is 0.224 e. The molecular weight excluding hydrogens is 212 g/mol. The molecule has 1 heterocycles. The number of fused-ring (bicyclic) bond motifs is 1. The summed E-state index contributed by atoms with van der Waals surface area (Å²) in [4.78, 5) is 15.9. The van der Waals surface area contributed by atoms with Crippen molar-refractivity contribution >= 4 is 23.0 Å². The molecule has 0 unspecified atom stereocenters. The summed E-state index contributed by atoms with van der Waals surface area (Å²) in [5.41, 5.74) is 4.13. The Bertz CT molecular complexity index is 501. The van der Waals surface area contributed by atoms with Gasteiger partial charge in [0.2, 0.25) is 5.91 Å². The van der Waals surface area contributed by atoms with E-state index >= 15 is 0 Å². The number of benzene rings is 1. The Morgan fingerprint density at radius 2 is 2.12 bits per heavy atom. The van der Waals surface area contributed by atoms with Crippen LogP contribution in [0, 0.1) is 0 Å². The van der Waals surface area contributed by atoms with Crippen LogP contribution in [-0.2, 0) is 10.2 Å². The van der Waals surface area contributed by atoms with Gasteiger partial charge in [0, 0.05) is 23.2 Å². The third-order valence-electron chi connectivity index (χ3n) is 3.47. The minimum Gasteiger partial charge on any atom is -0.326 e. The van der Waals surface area contributed by atoms with Gasteiger partial charge < -0.3 is 5.32 Å². The Morgan fingerprint density at radius 3 is 2.76 bits per heavy atom. The van der Waals surface area contributed by atoms with Gasteiger partial charge in [-0.1, -0.05) is 20.8 Å². The fraction of sp³-hybridized carbons (Fsp3) is 0.429. The molecule has 0 spiro atoms. The van der Waals surface area contributed by atoms with Crippen molar-refractivity contribution < 1.29 is 4.79 Å². The van der Waals surface area contributed by atoms with Crippen LogP contribution in [0.5, 0.6) is 0 Å². The van der Waals surface area contributed by atoms with Crippen molar-refractivity contribution in [2.24, 2.45) is 4.99 Å². The van der Waals surface area contributed by atoms with Crippen molar-refractivity contribution in [1.82, 2.24) is 0 Å². The van der Waals surface area contributed by atoms with Crippen molar-refractivity contribution in [3.05, 3.63) is 23.8 Å². The van der Waals surface area contributed by atoms with Gasteiger partial charge in [0.25, 0.3) is 0 Å². The van der Waals surface area contributed by atoms with Gasteiger partial charge in [-0.3, -0.25) is 9.79 Å². The molecule has 0 radical (unpaired) electrons. The molecule has 0 aliphatic carbocycles. The molecule has 0 atom stereocenters. The molecule has 3 heteroatoms. The third kappa shape index (κ3) is 1.97. The quantitative estimate of drug-likeness (QED) is 0.831. The average Bonchev–Trinajstić information content (AvgIpc) is 2.51. The molecular formula is C14H18N2O. The monoisotopic (exact) mass is 230 g/mol. The molecule has 0 bridgehead atoms. The summed E-state index contributed by atoms with van der Waals surface area (Å²) in [5, 5.41) is 2.88. The van der Waals surface area contributed by atoms with E-state index in [9.17, 15) is 4.79 Å². The van der Waals surface area contributed by atoms with Gasteiger partial charge in [0.05, 0.1) is 5.69 Å². The number of nitrogens with one attached hydrogen (secondary N) is 1. The van der Waals surface area contributed by atoms with Gasteiger partial charge in [0.15, 0.2) is 0 Å². The van der Waals surface area contributed by atoms with Crippen LogP contribution in [-0.4, -0.2) is 11.6 Å². The van der Waals surface area contributed by atoms with Crippen LogP contribution in [0.25, 0.3) is 0 Å². The van der Waals surface area contributed by atoms with Gasteiger partial charge in [-0.05, 0) is 30.7 Å². The fourth-order valence-electron chi connectivity index (χ4n) is 1.98. The normalized spacial score (nSPS) is 16.4. The first-order valence-corrected chi connectivity index (χ1v) is 5.95. The van der Waals surface area contributed by atoms with E-state index in [4.69, 9.17) is 0 Å². The Kier molecular flexibility index (Phi) is 2.77. The van der Waals surface area contributed by atoms with E-state index in [-0.39, 0.29) is 11.3 Å². The molecule has 1 aromatic rings. The third-order valence-corrected chi connectivity index (χ3v) is 3.47. The van der Waals surface area contributed by atoms with Crippen LogP contribution >= 0.6 is 0 Å². The van der Waals surface area contributed by atoms with Gasteiger partial charge in [-0.2, -0.15) is 0 Å². The lowest BCUT2D eigenvalue weighted by atomic mass is 9.82. The van der Waals surface area contributed by atoms with Crippen LogP contribution < -0.4 is 5.32 Å². The van der Waals surface area contributed by atoms with Gasteiger partial charge in [0.1, 0.15) is 0 Å². The lowest BCUT2D eigenvalue weighted by Gasteiger charge is -2.20. The summed E-state index contributed by atoms with van der Waals surface area (Å²) in [5.74, 6) is 0.0402. The lowest BCUT2D eigenvalue weighted by molar-refractivity contribution is -0.115. The van der Waals surface area contributed by atoms with E-state index in [1.807, 2.05) is 32.0 Å². The zero-order valence-corrected chi connectivity index (χ0v) is 10.8. The number of aliphatic imine (C=N–C) groups is 1. The number of anilines is 1. The topological polar surface area (TPSA) is 41.5 Å². The summed E-state index contributed by atoms with van der Waals surface area (Å²) in [6.07, 6.45) is 0.496. The Hall–Kier alpha value is -1.64. The smallest absolute Gasteiger partial charge is 0.224 e. The number of nitrogens with zero attached hydrogens (tertiary/aromatic N) is 1. The second kappa shape index (κ2) is 3.99. The molecule has 0 fully saturated rings. The van der Waals surface area contributed by atoms with Gasteiger partial charge >= 0.3 is 0 Å². The van der Waals surface area contributed by atoms with E-state index in [0.717, 1.165) is 17.1 Å². The molecule has 17 heavy (non-hydrogen) atoms. The molecule has 0 aromatic heterocycles. The average molecular weight is 230 g/mol. The minimum absolute atomic E-state index is 0.0394. The van der Waals surface area contributed by atoms with E-state index in [1.165, 1.54) is 5.56 Å². The first-order valence-electron chi connectivity index (χ1n) is 5.95. The number of rotatable bonds is 2. The zero-order valence-electron chi connectivity index (χ0n) is 10.8. The van der Waals surface area contributed by atoms with Gasteiger partial charge in [-0.15, -0.1) is 0 Å². The van der Waals surface area contributed by atoms with Crippen LogP contribution in [0.2, 0.25) is 0 Å². The number of hydrogen-bond donors (Lipinski definition) is 1. The summed E-state index contributed by atoms with van der Waals surface area (Å²) >= 11 is 0. The van der Waals surface area contributed by atoms with Crippen molar-refractivity contribution in [3.8, 4) is 0 Å². The second-order valence-electron chi connectivity index (χ2n) is 4.96. The standard InChI is InChI=1S/C14H18N2O/c1-5-13(17)16-10-6-7-12-11(8-10)14(3,4)9(2)15-12/h6-8H,5H2,1-4H3,(H,16,17).